The minimum Gasteiger partial charge on any atom is -0.338 e. The standard InChI is InChI=1S/C15H21ClN2O/c1-11(12-6-3-4-7-13(12)16)18(2)14(19)15(10-17)8-5-9-15/h3-4,6-7,11H,5,8-10,17H2,1-2H3. The summed E-state index contributed by atoms with van der Waals surface area (Å²) < 4.78 is 0. The van der Waals surface area contributed by atoms with Crippen molar-refractivity contribution in [2.24, 2.45) is 11.1 Å². The van der Waals surface area contributed by atoms with Crippen LogP contribution in [0.3, 0.4) is 0 Å². The second-order valence-electron chi connectivity index (χ2n) is 5.45. The van der Waals surface area contributed by atoms with Crippen LogP contribution in [-0.2, 0) is 4.79 Å². The molecule has 4 heteroatoms. The molecule has 1 aromatic carbocycles. The molecule has 1 aromatic rings. The molecule has 1 unspecified atom stereocenters. The molecule has 2 N–H and O–H groups in total. The van der Waals surface area contributed by atoms with Crippen LogP contribution in [0.4, 0.5) is 0 Å². The minimum atomic E-state index is -0.329. The number of carbonyl (C=O) groups is 1. The molecule has 104 valence electrons. The van der Waals surface area contributed by atoms with Gasteiger partial charge >= 0.3 is 0 Å². The maximum absolute atomic E-state index is 12.6. The zero-order chi connectivity index (χ0) is 14.0. The molecule has 19 heavy (non-hydrogen) atoms. The van der Waals surface area contributed by atoms with Gasteiger partial charge in [-0.2, -0.15) is 0 Å². The molecule has 0 heterocycles. The Hall–Kier alpha value is -1.06. The molecule has 0 saturated heterocycles. The molecule has 0 aromatic heterocycles. The maximum atomic E-state index is 12.6. The van der Waals surface area contributed by atoms with E-state index in [4.69, 9.17) is 17.3 Å². The Labute approximate surface area is 119 Å². The van der Waals surface area contributed by atoms with Gasteiger partial charge < -0.3 is 10.6 Å². The summed E-state index contributed by atoms with van der Waals surface area (Å²) in [7, 11) is 1.84. The lowest BCUT2D eigenvalue weighted by molar-refractivity contribution is -0.147. The van der Waals surface area contributed by atoms with Gasteiger partial charge in [0.25, 0.3) is 0 Å². The fourth-order valence-corrected chi connectivity index (χ4v) is 2.98. The predicted molar refractivity (Wildman–Crippen MR) is 78.0 cm³/mol. The van der Waals surface area contributed by atoms with Crippen LogP contribution in [0, 0.1) is 5.41 Å². The summed E-state index contributed by atoms with van der Waals surface area (Å²) in [5.41, 5.74) is 6.45. The second-order valence-corrected chi connectivity index (χ2v) is 5.86. The summed E-state index contributed by atoms with van der Waals surface area (Å²) >= 11 is 6.20. The molecule has 0 bridgehead atoms. The van der Waals surface area contributed by atoms with E-state index in [1.54, 1.807) is 4.90 Å². The Balaban J connectivity index is 2.17. The lowest BCUT2D eigenvalue weighted by Crippen LogP contribution is -2.51. The summed E-state index contributed by atoms with van der Waals surface area (Å²) in [6.45, 7) is 2.44. The van der Waals surface area contributed by atoms with Crippen molar-refractivity contribution in [3.8, 4) is 0 Å². The monoisotopic (exact) mass is 280 g/mol. The molecule has 1 aliphatic rings. The lowest BCUT2D eigenvalue weighted by Gasteiger charge is -2.43. The molecule has 2 rings (SSSR count). The Morgan fingerprint density at radius 1 is 1.47 bits per heavy atom. The van der Waals surface area contributed by atoms with Crippen molar-refractivity contribution >= 4 is 17.5 Å². The largest absolute Gasteiger partial charge is 0.338 e. The first-order valence-corrected chi connectivity index (χ1v) is 7.11. The number of nitrogens with two attached hydrogens (primary N) is 1. The zero-order valence-electron chi connectivity index (χ0n) is 11.5. The zero-order valence-corrected chi connectivity index (χ0v) is 12.3. The number of halogens is 1. The summed E-state index contributed by atoms with van der Waals surface area (Å²) in [5.74, 6) is 0.147. The van der Waals surface area contributed by atoms with E-state index < -0.39 is 0 Å². The topological polar surface area (TPSA) is 46.3 Å². The average Bonchev–Trinajstić information content (AvgIpc) is 2.37. The van der Waals surface area contributed by atoms with Crippen molar-refractivity contribution in [3.63, 3.8) is 0 Å². The van der Waals surface area contributed by atoms with Gasteiger partial charge in [0.15, 0.2) is 0 Å². The molecule has 1 aliphatic carbocycles. The van der Waals surface area contributed by atoms with Gasteiger partial charge in [0.2, 0.25) is 5.91 Å². The van der Waals surface area contributed by atoms with Gasteiger partial charge in [0.1, 0.15) is 0 Å². The first-order valence-electron chi connectivity index (χ1n) is 6.73. The highest BCUT2D eigenvalue weighted by Crippen LogP contribution is 2.42. The van der Waals surface area contributed by atoms with Crippen LogP contribution in [0.25, 0.3) is 0 Å². The molecule has 1 atom stereocenters. The fraction of sp³-hybridized carbons (Fsp3) is 0.533. The van der Waals surface area contributed by atoms with E-state index in [2.05, 4.69) is 0 Å². The van der Waals surface area contributed by atoms with Crippen LogP contribution in [-0.4, -0.2) is 24.4 Å². The molecule has 3 nitrogen and oxygen atoms in total. The van der Waals surface area contributed by atoms with Crippen molar-refractivity contribution in [1.82, 2.24) is 4.90 Å². The highest BCUT2D eigenvalue weighted by Gasteiger charge is 2.45. The molecular weight excluding hydrogens is 260 g/mol. The van der Waals surface area contributed by atoms with Crippen LogP contribution in [0.5, 0.6) is 0 Å². The summed E-state index contributed by atoms with van der Waals surface area (Å²) in [5, 5.41) is 0.699. The Morgan fingerprint density at radius 2 is 2.11 bits per heavy atom. The quantitative estimate of drug-likeness (QED) is 0.922. The van der Waals surface area contributed by atoms with Gasteiger partial charge in [0, 0.05) is 18.6 Å². The highest BCUT2D eigenvalue weighted by atomic mass is 35.5. The van der Waals surface area contributed by atoms with Crippen LogP contribution in [0.2, 0.25) is 5.02 Å². The second kappa shape index (κ2) is 5.51. The van der Waals surface area contributed by atoms with Gasteiger partial charge in [-0.05, 0) is 31.4 Å². The van der Waals surface area contributed by atoms with Gasteiger partial charge in [0.05, 0.1) is 11.5 Å². The van der Waals surface area contributed by atoms with E-state index in [0.717, 1.165) is 24.8 Å². The maximum Gasteiger partial charge on any atom is 0.230 e. The molecule has 0 spiro atoms. The number of amides is 1. The third-order valence-corrected chi connectivity index (χ3v) is 4.76. The van der Waals surface area contributed by atoms with Gasteiger partial charge in [-0.15, -0.1) is 0 Å². The number of hydrogen-bond acceptors (Lipinski definition) is 2. The fourth-order valence-electron chi connectivity index (χ4n) is 2.68. The average molecular weight is 281 g/mol. The Bertz CT molecular complexity index is 465. The first kappa shape index (κ1) is 14.4. The molecule has 1 saturated carbocycles. The number of rotatable bonds is 4. The van der Waals surface area contributed by atoms with E-state index in [9.17, 15) is 4.79 Å². The first-order chi connectivity index (χ1) is 9.02. The van der Waals surface area contributed by atoms with Crippen LogP contribution in [0.15, 0.2) is 24.3 Å². The van der Waals surface area contributed by atoms with Crippen LogP contribution in [0.1, 0.15) is 37.8 Å². The Morgan fingerprint density at radius 3 is 2.58 bits per heavy atom. The Kier molecular flexibility index (Phi) is 4.16. The summed E-state index contributed by atoms with van der Waals surface area (Å²) in [6.07, 6.45) is 2.90. The third-order valence-electron chi connectivity index (χ3n) is 4.41. The predicted octanol–water partition coefficient (Wildman–Crippen LogP) is 2.99. The van der Waals surface area contributed by atoms with Crippen LogP contribution < -0.4 is 5.73 Å². The van der Waals surface area contributed by atoms with E-state index >= 15 is 0 Å². The summed E-state index contributed by atoms with van der Waals surface area (Å²) in [4.78, 5) is 14.4. The number of carbonyl (C=O) groups excluding carboxylic acids is 1. The SMILES string of the molecule is CC(c1ccccc1Cl)N(C)C(=O)C1(CN)CCC1. The van der Waals surface area contributed by atoms with Crippen molar-refractivity contribution in [1.29, 1.82) is 0 Å². The molecular formula is C15H21ClN2O. The third kappa shape index (κ3) is 2.49. The van der Waals surface area contributed by atoms with E-state index in [-0.39, 0.29) is 17.4 Å². The molecule has 0 aliphatic heterocycles. The van der Waals surface area contributed by atoms with Crippen molar-refractivity contribution in [2.75, 3.05) is 13.6 Å². The molecule has 1 fully saturated rings. The normalized spacial score (nSPS) is 18.5. The lowest BCUT2D eigenvalue weighted by atomic mass is 9.67. The van der Waals surface area contributed by atoms with E-state index in [1.165, 1.54) is 0 Å². The van der Waals surface area contributed by atoms with Crippen molar-refractivity contribution in [2.45, 2.75) is 32.2 Å². The smallest absolute Gasteiger partial charge is 0.230 e. The summed E-state index contributed by atoms with van der Waals surface area (Å²) in [6, 6.07) is 7.62. The minimum absolute atomic E-state index is 0.0368. The number of nitrogens with zero attached hydrogens (tertiary/aromatic N) is 1. The van der Waals surface area contributed by atoms with Crippen LogP contribution >= 0.6 is 11.6 Å². The van der Waals surface area contributed by atoms with Gasteiger partial charge in [-0.3, -0.25) is 4.79 Å². The van der Waals surface area contributed by atoms with Crippen molar-refractivity contribution in [3.05, 3.63) is 34.9 Å². The van der Waals surface area contributed by atoms with Gasteiger partial charge in [-0.25, -0.2) is 0 Å². The van der Waals surface area contributed by atoms with E-state index in [1.807, 2.05) is 38.2 Å². The van der Waals surface area contributed by atoms with Crippen molar-refractivity contribution < 1.29 is 4.79 Å². The number of benzene rings is 1. The molecule has 0 radical (unpaired) electrons. The molecule has 1 amide bonds. The van der Waals surface area contributed by atoms with Gasteiger partial charge in [-0.1, -0.05) is 36.2 Å². The van der Waals surface area contributed by atoms with E-state index in [0.29, 0.717) is 11.6 Å². The highest BCUT2D eigenvalue weighted by molar-refractivity contribution is 6.31. The number of hydrogen-bond donors (Lipinski definition) is 1.